The van der Waals surface area contributed by atoms with Crippen molar-refractivity contribution >= 4 is 32.9 Å². The van der Waals surface area contributed by atoms with Gasteiger partial charge in [-0.3, -0.25) is 9.89 Å². The molecule has 3 aromatic rings. The molecule has 118 valence electrons. The number of H-pyrrole nitrogens is 2. The van der Waals surface area contributed by atoms with Gasteiger partial charge in [0.25, 0.3) is 5.91 Å². The second-order valence-corrected chi connectivity index (χ2v) is 6.54. The number of nitrogens with zero attached hydrogens (tertiary/aromatic N) is 4. The third-order valence-corrected chi connectivity index (χ3v) is 4.92. The number of halogens is 1. The minimum atomic E-state index is -0.0538. The maximum absolute atomic E-state index is 13.0. The Morgan fingerprint density at radius 3 is 3.13 bits per heavy atom. The second-order valence-electron chi connectivity index (χ2n) is 5.68. The molecule has 4 rings (SSSR count). The number of likely N-dealkylation sites (tertiary alicyclic amines) is 1. The molecule has 0 aromatic carbocycles. The molecule has 1 aliphatic rings. The van der Waals surface area contributed by atoms with Gasteiger partial charge >= 0.3 is 0 Å². The van der Waals surface area contributed by atoms with Crippen molar-refractivity contribution in [1.29, 1.82) is 0 Å². The number of carbonyl (C=O) groups is 1. The van der Waals surface area contributed by atoms with E-state index >= 15 is 0 Å². The average Bonchev–Trinajstić information content (AvgIpc) is 3.25. The van der Waals surface area contributed by atoms with Gasteiger partial charge in [-0.2, -0.15) is 5.10 Å². The summed E-state index contributed by atoms with van der Waals surface area (Å²) in [5.41, 5.74) is 2.18. The average molecular weight is 375 g/mol. The molecule has 0 bridgehead atoms. The van der Waals surface area contributed by atoms with Gasteiger partial charge in [0.15, 0.2) is 0 Å². The zero-order chi connectivity index (χ0) is 15.8. The zero-order valence-corrected chi connectivity index (χ0v) is 13.9. The highest BCUT2D eigenvalue weighted by molar-refractivity contribution is 9.10. The quantitative estimate of drug-likeness (QED) is 0.720. The molecule has 0 aliphatic carbocycles. The summed E-state index contributed by atoms with van der Waals surface area (Å²) in [5.74, 6) is 0.240. The van der Waals surface area contributed by atoms with Crippen LogP contribution < -0.4 is 0 Å². The molecule has 0 saturated carbocycles. The maximum Gasteiger partial charge on any atom is 0.273 e. The van der Waals surface area contributed by atoms with Gasteiger partial charge < -0.3 is 9.88 Å². The molecule has 1 atom stereocenters. The van der Waals surface area contributed by atoms with E-state index in [1.165, 1.54) is 6.33 Å². The van der Waals surface area contributed by atoms with E-state index in [4.69, 9.17) is 0 Å². The summed E-state index contributed by atoms with van der Waals surface area (Å²) in [7, 11) is 0. The predicted molar refractivity (Wildman–Crippen MR) is 88.1 cm³/mol. The summed E-state index contributed by atoms with van der Waals surface area (Å²) in [5, 5.41) is 7.76. The van der Waals surface area contributed by atoms with Crippen LogP contribution in [0.25, 0.3) is 11.0 Å². The smallest absolute Gasteiger partial charge is 0.273 e. The van der Waals surface area contributed by atoms with Crippen LogP contribution in [0.15, 0.2) is 29.3 Å². The van der Waals surface area contributed by atoms with Crippen molar-refractivity contribution in [2.24, 2.45) is 0 Å². The van der Waals surface area contributed by atoms with Gasteiger partial charge in [-0.25, -0.2) is 9.97 Å². The number of carbonyl (C=O) groups excluding carboxylic acids is 1. The highest BCUT2D eigenvalue weighted by Crippen LogP contribution is 2.29. The standard InChI is InChI=1S/C15H15BrN6O/c16-10-6-17-14-12(10)13(18-8-19-14)15(23)22-5-1-2-9(7-22)11-3-4-20-21-11/h3-4,6,8-9H,1-2,5,7H2,(H,20,21)(H,17,18,19). The molecule has 2 N–H and O–H groups in total. The van der Waals surface area contributed by atoms with Crippen LogP contribution in [0.4, 0.5) is 0 Å². The number of aromatic amines is 2. The molecule has 23 heavy (non-hydrogen) atoms. The fraction of sp³-hybridized carbons (Fsp3) is 0.333. The number of hydrogen-bond donors (Lipinski definition) is 2. The largest absolute Gasteiger partial charge is 0.345 e. The first-order valence-electron chi connectivity index (χ1n) is 7.50. The monoisotopic (exact) mass is 374 g/mol. The second kappa shape index (κ2) is 5.77. The lowest BCUT2D eigenvalue weighted by Crippen LogP contribution is -2.39. The third kappa shape index (κ3) is 2.52. The van der Waals surface area contributed by atoms with Crippen LogP contribution in [0.3, 0.4) is 0 Å². The molecule has 1 aliphatic heterocycles. The topological polar surface area (TPSA) is 90.6 Å². The van der Waals surface area contributed by atoms with E-state index in [0.717, 1.165) is 34.9 Å². The van der Waals surface area contributed by atoms with Crippen molar-refractivity contribution in [2.75, 3.05) is 13.1 Å². The Kier molecular flexibility index (Phi) is 3.60. The molecule has 1 unspecified atom stereocenters. The summed E-state index contributed by atoms with van der Waals surface area (Å²) < 4.78 is 0.804. The van der Waals surface area contributed by atoms with Crippen molar-refractivity contribution in [2.45, 2.75) is 18.8 Å². The van der Waals surface area contributed by atoms with E-state index in [2.05, 4.69) is 41.1 Å². The van der Waals surface area contributed by atoms with Crippen molar-refractivity contribution < 1.29 is 4.79 Å². The van der Waals surface area contributed by atoms with Crippen LogP contribution in [-0.2, 0) is 0 Å². The molecule has 7 nitrogen and oxygen atoms in total. The summed E-state index contributed by atoms with van der Waals surface area (Å²) in [6.45, 7) is 1.42. The Balaban J connectivity index is 1.64. The van der Waals surface area contributed by atoms with Gasteiger partial charge in [-0.15, -0.1) is 0 Å². The van der Waals surface area contributed by atoms with Crippen LogP contribution in [0, 0.1) is 0 Å². The van der Waals surface area contributed by atoms with Crippen LogP contribution in [0.1, 0.15) is 34.9 Å². The molecule has 8 heteroatoms. The lowest BCUT2D eigenvalue weighted by atomic mass is 9.94. The van der Waals surface area contributed by atoms with Crippen molar-refractivity contribution in [1.82, 2.24) is 30.0 Å². The van der Waals surface area contributed by atoms with Gasteiger partial charge in [-0.05, 0) is 34.8 Å². The Labute approximate surface area is 140 Å². The van der Waals surface area contributed by atoms with Gasteiger partial charge in [0, 0.05) is 41.6 Å². The summed E-state index contributed by atoms with van der Waals surface area (Å²) in [4.78, 5) is 26.3. The van der Waals surface area contributed by atoms with Gasteiger partial charge in [0.2, 0.25) is 0 Å². The lowest BCUT2D eigenvalue weighted by Gasteiger charge is -2.32. The SMILES string of the molecule is O=C(c1ncnc2[nH]cc(Br)c12)N1CCCC(c2ccn[nH]2)C1. The fourth-order valence-corrected chi connectivity index (χ4v) is 3.64. The summed E-state index contributed by atoms with van der Waals surface area (Å²) >= 11 is 3.46. The molecule has 1 saturated heterocycles. The molecule has 1 amide bonds. The van der Waals surface area contributed by atoms with Crippen molar-refractivity contribution in [3.63, 3.8) is 0 Å². The maximum atomic E-state index is 13.0. The molecule has 4 heterocycles. The number of fused-ring (bicyclic) bond motifs is 1. The molecular weight excluding hydrogens is 360 g/mol. The summed E-state index contributed by atoms with van der Waals surface area (Å²) in [6, 6.07) is 1.98. The Bertz CT molecular complexity index is 843. The van der Waals surface area contributed by atoms with Crippen LogP contribution in [0.5, 0.6) is 0 Å². The van der Waals surface area contributed by atoms with E-state index in [1.807, 2.05) is 11.0 Å². The van der Waals surface area contributed by atoms with E-state index in [9.17, 15) is 4.79 Å². The number of rotatable bonds is 2. The predicted octanol–water partition coefficient (Wildman–Crippen LogP) is 2.46. The normalized spacial score (nSPS) is 18.5. The third-order valence-electron chi connectivity index (χ3n) is 4.29. The van der Waals surface area contributed by atoms with Crippen molar-refractivity contribution in [3.8, 4) is 0 Å². The molecule has 1 fully saturated rings. The highest BCUT2D eigenvalue weighted by atomic mass is 79.9. The number of nitrogens with one attached hydrogen (secondary N) is 2. The van der Waals surface area contributed by atoms with Crippen LogP contribution in [-0.4, -0.2) is 49.0 Å². The van der Waals surface area contributed by atoms with Crippen LogP contribution >= 0.6 is 15.9 Å². The number of amides is 1. The Morgan fingerprint density at radius 1 is 1.39 bits per heavy atom. The first kappa shape index (κ1) is 14.4. The molecular formula is C15H15BrN6O. The van der Waals surface area contributed by atoms with Crippen LogP contribution in [0.2, 0.25) is 0 Å². The van der Waals surface area contributed by atoms with Gasteiger partial charge in [-0.1, -0.05) is 0 Å². The molecule has 0 spiro atoms. The van der Waals surface area contributed by atoms with E-state index in [1.54, 1.807) is 12.4 Å². The zero-order valence-electron chi connectivity index (χ0n) is 12.3. The van der Waals surface area contributed by atoms with Crippen molar-refractivity contribution in [3.05, 3.63) is 40.6 Å². The minimum Gasteiger partial charge on any atom is -0.345 e. The first-order valence-corrected chi connectivity index (χ1v) is 8.29. The number of hydrogen-bond acceptors (Lipinski definition) is 4. The first-order chi connectivity index (χ1) is 11.2. The van der Waals surface area contributed by atoms with Gasteiger partial charge in [0.1, 0.15) is 17.7 Å². The highest BCUT2D eigenvalue weighted by Gasteiger charge is 2.28. The number of aromatic nitrogens is 5. The lowest BCUT2D eigenvalue weighted by molar-refractivity contribution is 0.0702. The Morgan fingerprint density at radius 2 is 2.30 bits per heavy atom. The Hall–Kier alpha value is -2.22. The summed E-state index contributed by atoms with van der Waals surface area (Å²) in [6.07, 6.45) is 6.98. The minimum absolute atomic E-state index is 0.0538. The molecule has 3 aromatic heterocycles. The fourth-order valence-electron chi connectivity index (χ4n) is 3.15. The molecule has 0 radical (unpaired) electrons. The van der Waals surface area contributed by atoms with E-state index in [-0.39, 0.29) is 5.91 Å². The number of piperidine rings is 1. The van der Waals surface area contributed by atoms with E-state index < -0.39 is 0 Å². The van der Waals surface area contributed by atoms with E-state index in [0.29, 0.717) is 23.8 Å². The van der Waals surface area contributed by atoms with Gasteiger partial charge in [0.05, 0.1) is 5.39 Å².